The van der Waals surface area contributed by atoms with E-state index >= 15 is 0 Å². The molecule has 2 nitrogen and oxygen atoms in total. The standard InChI is InChI=1S/C12H13ClN2S/c1-2-3-8-16-12-10-7-5-4-6-9(10)11(13)14-15-12/h4-7H,2-3,8H2,1H3. The number of halogens is 1. The molecule has 2 aromatic rings. The second-order valence-corrected chi connectivity index (χ2v) is 4.99. The Labute approximate surface area is 104 Å². The van der Waals surface area contributed by atoms with Crippen molar-refractivity contribution < 1.29 is 0 Å². The molecule has 1 aromatic heterocycles. The summed E-state index contributed by atoms with van der Waals surface area (Å²) < 4.78 is 0. The number of thioether (sulfide) groups is 1. The third kappa shape index (κ3) is 2.47. The number of hydrogen-bond donors (Lipinski definition) is 0. The van der Waals surface area contributed by atoms with Crippen molar-refractivity contribution in [2.45, 2.75) is 24.8 Å². The minimum absolute atomic E-state index is 0.482. The van der Waals surface area contributed by atoms with Crippen LogP contribution >= 0.6 is 23.4 Å². The molecule has 0 spiro atoms. The molecule has 16 heavy (non-hydrogen) atoms. The Kier molecular flexibility index (Phi) is 4.02. The molecule has 1 heterocycles. The molecule has 1 aromatic carbocycles. The molecule has 0 amide bonds. The highest BCUT2D eigenvalue weighted by atomic mass is 35.5. The van der Waals surface area contributed by atoms with Gasteiger partial charge in [-0.2, -0.15) is 0 Å². The average molecular weight is 253 g/mol. The number of rotatable bonds is 4. The van der Waals surface area contributed by atoms with Crippen molar-refractivity contribution in [2.24, 2.45) is 0 Å². The minimum atomic E-state index is 0.482. The number of hydrogen-bond acceptors (Lipinski definition) is 3. The van der Waals surface area contributed by atoms with E-state index < -0.39 is 0 Å². The summed E-state index contributed by atoms with van der Waals surface area (Å²) in [4.78, 5) is 0. The molecule has 0 N–H and O–H groups in total. The van der Waals surface area contributed by atoms with E-state index in [1.165, 1.54) is 12.8 Å². The maximum absolute atomic E-state index is 6.01. The lowest BCUT2D eigenvalue weighted by atomic mass is 10.2. The van der Waals surface area contributed by atoms with Gasteiger partial charge in [0.15, 0.2) is 5.15 Å². The molecule has 0 saturated carbocycles. The van der Waals surface area contributed by atoms with Gasteiger partial charge in [-0.1, -0.05) is 49.2 Å². The van der Waals surface area contributed by atoms with E-state index in [1.807, 2.05) is 24.3 Å². The number of unbranched alkanes of at least 4 members (excludes halogenated alkanes) is 1. The first-order chi connectivity index (χ1) is 7.83. The van der Waals surface area contributed by atoms with Crippen LogP contribution < -0.4 is 0 Å². The molecule has 0 radical (unpaired) electrons. The van der Waals surface area contributed by atoms with Gasteiger partial charge in [-0.15, -0.1) is 22.0 Å². The van der Waals surface area contributed by atoms with Crippen LogP contribution in [0.2, 0.25) is 5.15 Å². The SMILES string of the molecule is CCCCSc1nnc(Cl)c2ccccc12. The molecule has 2 rings (SSSR count). The first kappa shape index (κ1) is 11.7. The molecule has 0 unspecified atom stereocenters. The van der Waals surface area contributed by atoms with Gasteiger partial charge >= 0.3 is 0 Å². The first-order valence-electron chi connectivity index (χ1n) is 5.36. The van der Waals surface area contributed by atoms with E-state index in [0.717, 1.165) is 21.6 Å². The summed E-state index contributed by atoms with van der Waals surface area (Å²) in [5, 5.41) is 11.7. The Hall–Kier alpha value is -0.800. The van der Waals surface area contributed by atoms with Crippen LogP contribution in [0.5, 0.6) is 0 Å². The van der Waals surface area contributed by atoms with Crippen LogP contribution in [0.25, 0.3) is 10.8 Å². The summed E-state index contributed by atoms with van der Waals surface area (Å²) in [6.45, 7) is 2.19. The normalized spacial score (nSPS) is 10.9. The number of aromatic nitrogens is 2. The zero-order valence-corrected chi connectivity index (χ0v) is 10.7. The molecule has 0 atom stereocenters. The zero-order chi connectivity index (χ0) is 11.4. The van der Waals surface area contributed by atoms with Crippen LogP contribution in [0.4, 0.5) is 0 Å². The van der Waals surface area contributed by atoms with Gasteiger partial charge < -0.3 is 0 Å². The molecule has 84 valence electrons. The van der Waals surface area contributed by atoms with Crippen molar-refractivity contribution in [2.75, 3.05) is 5.75 Å². The lowest BCUT2D eigenvalue weighted by Gasteiger charge is -2.04. The fourth-order valence-corrected chi connectivity index (χ4v) is 2.73. The summed E-state index contributed by atoms with van der Waals surface area (Å²) in [5.41, 5.74) is 0. The van der Waals surface area contributed by atoms with Crippen LogP contribution in [0.1, 0.15) is 19.8 Å². The number of benzene rings is 1. The van der Waals surface area contributed by atoms with E-state index in [-0.39, 0.29) is 0 Å². The average Bonchev–Trinajstić information content (AvgIpc) is 2.33. The predicted molar refractivity (Wildman–Crippen MR) is 70.2 cm³/mol. The second-order valence-electron chi connectivity index (χ2n) is 3.54. The smallest absolute Gasteiger partial charge is 0.142 e. The Bertz CT molecular complexity index is 487. The van der Waals surface area contributed by atoms with Crippen molar-refractivity contribution >= 4 is 34.1 Å². The Morgan fingerprint density at radius 2 is 1.94 bits per heavy atom. The van der Waals surface area contributed by atoms with Gasteiger partial charge in [0.05, 0.1) is 0 Å². The highest BCUT2D eigenvalue weighted by molar-refractivity contribution is 7.99. The van der Waals surface area contributed by atoms with E-state index in [4.69, 9.17) is 11.6 Å². The summed E-state index contributed by atoms with van der Waals surface area (Å²) in [6, 6.07) is 8.00. The Balaban J connectivity index is 2.35. The molecular weight excluding hydrogens is 240 g/mol. The highest BCUT2D eigenvalue weighted by Crippen LogP contribution is 2.29. The van der Waals surface area contributed by atoms with Gasteiger partial charge in [-0.25, -0.2) is 0 Å². The summed E-state index contributed by atoms with van der Waals surface area (Å²) in [6.07, 6.45) is 2.40. The maximum Gasteiger partial charge on any atom is 0.159 e. The third-order valence-electron chi connectivity index (χ3n) is 2.35. The summed E-state index contributed by atoms with van der Waals surface area (Å²) >= 11 is 7.76. The van der Waals surface area contributed by atoms with Crippen LogP contribution in [0, 0.1) is 0 Å². The van der Waals surface area contributed by atoms with Crippen LogP contribution in [0.15, 0.2) is 29.3 Å². The first-order valence-corrected chi connectivity index (χ1v) is 6.73. The fraction of sp³-hybridized carbons (Fsp3) is 0.333. The van der Waals surface area contributed by atoms with Crippen molar-refractivity contribution in [3.05, 3.63) is 29.4 Å². The van der Waals surface area contributed by atoms with E-state index in [0.29, 0.717) is 5.15 Å². The maximum atomic E-state index is 6.01. The van der Waals surface area contributed by atoms with Gasteiger partial charge in [-0.3, -0.25) is 0 Å². The topological polar surface area (TPSA) is 25.8 Å². The molecule has 0 aliphatic heterocycles. The highest BCUT2D eigenvalue weighted by Gasteiger charge is 2.06. The molecule has 4 heteroatoms. The van der Waals surface area contributed by atoms with Crippen LogP contribution in [0.3, 0.4) is 0 Å². The van der Waals surface area contributed by atoms with Crippen molar-refractivity contribution in [3.8, 4) is 0 Å². The molecule has 0 fully saturated rings. The van der Waals surface area contributed by atoms with Gasteiger partial charge in [0.25, 0.3) is 0 Å². The Morgan fingerprint density at radius 1 is 1.19 bits per heavy atom. The molecule has 0 aliphatic rings. The lowest BCUT2D eigenvalue weighted by molar-refractivity contribution is 0.891. The molecule has 0 aliphatic carbocycles. The predicted octanol–water partition coefficient (Wildman–Crippen LogP) is 4.18. The summed E-state index contributed by atoms with van der Waals surface area (Å²) in [5.74, 6) is 1.08. The lowest BCUT2D eigenvalue weighted by Crippen LogP contribution is -1.90. The second kappa shape index (κ2) is 5.51. The van der Waals surface area contributed by atoms with E-state index in [9.17, 15) is 0 Å². The minimum Gasteiger partial charge on any atom is -0.142 e. The molecular formula is C12H13ClN2S. The van der Waals surface area contributed by atoms with Gasteiger partial charge in [-0.05, 0) is 12.2 Å². The van der Waals surface area contributed by atoms with E-state index in [2.05, 4.69) is 17.1 Å². The van der Waals surface area contributed by atoms with Gasteiger partial charge in [0.1, 0.15) is 5.03 Å². The number of fused-ring (bicyclic) bond motifs is 1. The quantitative estimate of drug-likeness (QED) is 0.603. The largest absolute Gasteiger partial charge is 0.159 e. The monoisotopic (exact) mass is 252 g/mol. The molecule has 0 saturated heterocycles. The Morgan fingerprint density at radius 3 is 2.69 bits per heavy atom. The zero-order valence-electron chi connectivity index (χ0n) is 9.11. The van der Waals surface area contributed by atoms with E-state index in [1.54, 1.807) is 11.8 Å². The van der Waals surface area contributed by atoms with Gasteiger partial charge in [0.2, 0.25) is 0 Å². The fourth-order valence-electron chi connectivity index (χ4n) is 1.47. The van der Waals surface area contributed by atoms with Gasteiger partial charge in [0, 0.05) is 10.8 Å². The number of nitrogens with zero attached hydrogens (tertiary/aromatic N) is 2. The third-order valence-corrected chi connectivity index (χ3v) is 3.69. The van der Waals surface area contributed by atoms with Crippen molar-refractivity contribution in [3.63, 3.8) is 0 Å². The van der Waals surface area contributed by atoms with Crippen molar-refractivity contribution in [1.82, 2.24) is 10.2 Å². The summed E-state index contributed by atoms with van der Waals surface area (Å²) in [7, 11) is 0. The van der Waals surface area contributed by atoms with Crippen LogP contribution in [-0.4, -0.2) is 16.0 Å². The van der Waals surface area contributed by atoms with Crippen LogP contribution in [-0.2, 0) is 0 Å². The van der Waals surface area contributed by atoms with Crippen molar-refractivity contribution in [1.29, 1.82) is 0 Å². The molecule has 0 bridgehead atoms.